The third kappa shape index (κ3) is 3.50. The number of methoxy groups -OCH3 is 2. The van der Waals surface area contributed by atoms with Crippen LogP contribution in [0.4, 0.5) is 0 Å². The number of benzene rings is 1. The molecule has 120 valence electrons. The quantitative estimate of drug-likeness (QED) is 0.757. The van der Waals surface area contributed by atoms with Crippen molar-refractivity contribution in [1.29, 1.82) is 0 Å². The van der Waals surface area contributed by atoms with Gasteiger partial charge in [-0.15, -0.1) is 0 Å². The number of ether oxygens (including phenoxy) is 2. The molecule has 1 fully saturated rings. The zero-order chi connectivity index (χ0) is 16.1. The molecule has 6 nitrogen and oxygen atoms in total. The molecule has 1 aromatic carbocycles. The molecule has 1 saturated heterocycles. The van der Waals surface area contributed by atoms with Crippen molar-refractivity contribution in [3.8, 4) is 11.5 Å². The normalized spacial score (nSPS) is 14.7. The summed E-state index contributed by atoms with van der Waals surface area (Å²) in [7, 11) is 3.21. The lowest BCUT2D eigenvalue weighted by molar-refractivity contribution is -0.134. The fraction of sp³-hybridized carbons (Fsp3) is 0.500. The number of hydrogen-bond acceptors (Lipinski definition) is 4. The third-order valence-electron chi connectivity index (χ3n) is 3.96. The van der Waals surface area contributed by atoms with Crippen molar-refractivity contribution in [2.45, 2.75) is 13.3 Å². The highest BCUT2D eigenvalue weighted by Crippen LogP contribution is 2.29. The van der Waals surface area contributed by atoms with Crippen LogP contribution in [-0.4, -0.2) is 62.5 Å². The zero-order valence-corrected chi connectivity index (χ0v) is 13.3. The lowest BCUT2D eigenvalue weighted by Crippen LogP contribution is -2.48. The van der Waals surface area contributed by atoms with Gasteiger partial charge in [-0.1, -0.05) is 0 Å². The number of nitrogens with zero attached hydrogens (tertiary/aromatic N) is 2. The average Bonchev–Trinajstić information content (AvgIpc) is 2.55. The molecule has 22 heavy (non-hydrogen) atoms. The van der Waals surface area contributed by atoms with Gasteiger partial charge in [-0.05, 0) is 24.6 Å². The molecular formula is C16H22N2O4. The van der Waals surface area contributed by atoms with Crippen molar-refractivity contribution in [2.75, 3.05) is 40.4 Å². The molecule has 6 heteroatoms. The summed E-state index contributed by atoms with van der Waals surface area (Å²) in [4.78, 5) is 26.6. The van der Waals surface area contributed by atoms with Crippen LogP contribution in [0.3, 0.4) is 0 Å². The Morgan fingerprint density at radius 1 is 1.14 bits per heavy atom. The third-order valence-corrected chi connectivity index (χ3v) is 3.96. The van der Waals surface area contributed by atoms with Crippen molar-refractivity contribution >= 4 is 12.3 Å². The first kappa shape index (κ1) is 16.1. The van der Waals surface area contributed by atoms with E-state index in [1.807, 2.05) is 19.1 Å². The predicted octanol–water partition coefficient (Wildman–Crippen LogP) is 0.855. The fourth-order valence-corrected chi connectivity index (χ4v) is 2.60. The van der Waals surface area contributed by atoms with Crippen molar-refractivity contribution in [2.24, 2.45) is 0 Å². The first-order valence-corrected chi connectivity index (χ1v) is 7.27. The molecule has 0 aromatic heterocycles. The van der Waals surface area contributed by atoms with Gasteiger partial charge in [-0.2, -0.15) is 0 Å². The van der Waals surface area contributed by atoms with Gasteiger partial charge in [0.15, 0.2) is 0 Å². The van der Waals surface area contributed by atoms with Crippen LogP contribution in [0, 0.1) is 6.92 Å². The molecule has 0 spiro atoms. The van der Waals surface area contributed by atoms with Crippen LogP contribution in [0.2, 0.25) is 0 Å². The summed E-state index contributed by atoms with van der Waals surface area (Å²) in [6.45, 7) is 4.25. The number of aryl methyl sites for hydroxylation is 1. The van der Waals surface area contributed by atoms with Crippen LogP contribution >= 0.6 is 0 Å². The Balaban J connectivity index is 2.09. The minimum absolute atomic E-state index is 0.0368. The maximum absolute atomic E-state index is 12.4. The van der Waals surface area contributed by atoms with E-state index >= 15 is 0 Å². The number of piperazine rings is 1. The minimum Gasteiger partial charge on any atom is -0.496 e. The lowest BCUT2D eigenvalue weighted by Gasteiger charge is -2.32. The Hall–Kier alpha value is -2.24. The highest BCUT2D eigenvalue weighted by atomic mass is 16.5. The Kier molecular flexibility index (Phi) is 5.25. The van der Waals surface area contributed by atoms with Gasteiger partial charge in [0.2, 0.25) is 12.3 Å². The molecule has 1 aromatic rings. The number of carbonyl (C=O) groups excluding carboxylic acids is 2. The van der Waals surface area contributed by atoms with Gasteiger partial charge >= 0.3 is 0 Å². The second kappa shape index (κ2) is 7.15. The highest BCUT2D eigenvalue weighted by molar-refractivity contribution is 5.80. The second-order valence-corrected chi connectivity index (χ2v) is 5.33. The Labute approximate surface area is 130 Å². The molecular weight excluding hydrogens is 284 g/mol. The SMILES string of the molecule is COc1cc(CC(=O)N2CCN(C=O)CC2)c(OC)cc1C. The molecule has 0 unspecified atom stereocenters. The van der Waals surface area contributed by atoms with E-state index in [2.05, 4.69) is 0 Å². The summed E-state index contributed by atoms with van der Waals surface area (Å²) in [6.07, 6.45) is 1.09. The monoisotopic (exact) mass is 306 g/mol. The summed E-state index contributed by atoms with van der Waals surface area (Å²) in [5.41, 5.74) is 1.78. The maximum atomic E-state index is 12.4. The van der Waals surface area contributed by atoms with E-state index in [-0.39, 0.29) is 12.3 Å². The molecule has 0 atom stereocenters. The van der Waals surface area contributed by atoms with Crippen LogP contribution in [-0.2, 0) is 16.0 Å². The van der Waals surface area contributed by atoms with Crippen LogP contribution in [0.25, 0.3) is 0 Å². The van der Waals surface area contributed by atoms with Crippen LogP contribution in [0.15, 0.2) is 12.1 Å². The molecule has 0 N–H and O–H groups in total. The van der Waals surface area contributed by atoms with Crippen molar-refractivity contribution in [1.82, 2.24) is 9.80 Å². The summed E-state index contributed by atoms with van der Waals surface area (Å²) < 4.78 is 10.7. The van der Waals surface area contributed by atoms with E-state index in [0.717, 1.165) is 23.3 Å². The first-order chi connectivity index (χ1) is 10.6. The number of carbonyl (C=O) groups is 2. The zero-order valence-electron chi connectivity index (χ0n) is 13.3. The van der Waals surface area contributed by atoms with E-state index in [1.54, 1.807) is 24.0 Å². The average molecular weight is 306 g/mol. The fourth-order valence-electron chi connectivity index (χ4n) is 2.60. The summed E-state index contributed by atoms with van der Waals surface area (Å²) in [5, 5.41) is 0. The number of amides is 2. The van der Waals surface area contributed by atoms with E-state index < -0.39 is 0 Å². The summed E-state index contributed by atoms with van der Waals surface area (Å²) >= 11 is 0. The van der Waals surface area contributed by atoms with Gasteiger partial charge in [0.25, 0.3) is 0 Å². The molecule has 2 amide bonds. The molecule has 0 aliphatic carbocycles. The number of hydrogen-bond donors (Lipinski definition) is 0. The van der Waals surface area contributed by atoms with Crippen molar-refractivity contribution in [3.05, 3.63) is 23.3 Å². The van der Waals surface area contributed by atoms with Gasteiger partial charge in [0.05, 0.1) is 20.6 Å². The minimum atomic E-state index is 0.0368. The van der Waals surface area contributed by atoms with Gasteiger partial charge in [-0.3, -0.25) is 9.59 Å². The molecule has 0 bridgehead atoms. The van der Waals surface area contributed by atoms with Gasteiger partial charge in [-0.25, -0.2) is 0 Å². The first-order valence-electron chi connectivity index (χ1n) is 7.27. The summed E-state index contributed by atoms with van der Waals surface area (Å²) in [5.74, 6) is 1.47. The highest BCUT2D eigenvalue weighted by Gasteiger charge is 2.21. The topological polar surface area (TPSA) is 59.1 Å². The van der Waals surface area contributed by atoms with Crippen LogP contribution < -0.4 is 9.47 Å². The predicted molar refractivity (Wildman–Crippen MR) is 82.2 cm³/mol. The Morgan fingerprint density at radius 2 is 1.77 bits per heavy atom. The molecule has 0 saturated carbocycles. The maximum Gasteiger partial charge on any atom is 0.227 e. The molecule has 0 radical (unpaired) electrons. The molecule has 1 aliphatic heterocycles. The number of rotatable bonds is 5. The van der Waals surface area contributed by atoms with E-state index in [1.165, 1.54) is 0 Å². The van der Waals surface area contributed by atoms with Crippen LogP contribution in [0.5, 0.6) is 11.5 Å². The standard InChI is InChI=1S/C16H22N2O4/c1-12-8-15(22-3)13(9-14(12)21-2)10-16(20)18-6-4-17(11-19)5-7-18/h8-9,11H,4-7,10H2,1-3H3. The van der Waals surface area contributed by atoms with Gasteiger partial charge in [0.1, 0.15) is 11.5 Å². The van der Waals surface area contributed by atoms with E-state index in [9.17, 15) is 9.59 Å². The van der Waals surface area contributed by atoms with Crippen molar-refractivity contribution in [3.63, 3.8) is 0 Å². The van der Waals surface area contributed by atoms with Gasteiger partial charge < -0.3 is 19.3 Å². The van der Waals surface area contributed by atoms with E-state index in [4.69, 9.17) is 9.47 Å². The van der Waals surface area contributed by atoms with E-state index in [0.29, 0.717) is 31.9 Å². The largest absolute Gasteiger partial charge is 0.496 e. The van der Waals surface area contributed by atoms with Crippen LogP contribution in [0.1, 0.15) is 11.1 Å². The van der Waals surface area contributed by atoms with Crippen molar-refractivity contribution < 1.29 is 19.1 Å². The smallest absolute Gasteiger partial charge is 0.227 e. The molecule has 2 rings (SSSR count). The Morgan fingerprint density at radius 3 is 2.32 bits per heavy atom. The second-order valence-electron chi connectivity index (χ2n) is 5.33. The molecule has 1 aliphatic rings. The summed E-state index contributed by atoms with van der Waals surface area (Å²) in [6, 6.07) is 3.74. The lowest BCUT2D eigenvalue weighted by atomic mass is 10.1. The Bertz CT molecular complexity index is 551. The van der Waals surface area contributed by atoms with Gasteiger partial charge in [0, 0.05) is 31.7 Å². The molecule has 1 heterocycles.